The van der Waals surface area contributed by atoms with Gasteiger partial charge in [-0.25, -0.2) is 0 Å². The van der Waals surface area contributed by atoms with Crippen molar-refractivity contribution >= 4 is 58.2 Å². The maximum atomic E-state index is 10.9. The third-order valence-electron chi connectivity index (χ3n) is 2.47. The first kappa shape index (κ1) is 20.4. The summed E-state index contributed by atoms with van der Waals surface area (Å²) < 4.78 is -0.357. The summed E-state index contributed by atoms with van der Waals surface area (Å²) in [6, 6.07) is 0. The van der Waals surface area contributed by atoms with Crippen molar-refractivity contribution in [3.8, 4) is 0 Å². The van der Waals surface area contributed by atoms with Gasteiger partial charge in [0.1, 0.15) is 4.49 Å². The van der Waals surface area contributed by atoms with Crippen LogP contribution in [0.5, 0.6) is 0 Å². The Balaban J connectivity index is 4.32. The molecule has 0 aromatic carbocycles. The van der Waals surface area contributed by atoms with E-state index in [0.717, 1.165) is 12.8 Å². The summed E-state index contributed by atoms with van der Waals surface area (Å²) in [5.41, 5.74) is -0.440. The van der Waals surface area contributed by atoms with Gasteiger partial charge in [-0.15, -0.1) is 11.8 Å². The normalized spacial score (nSPS) is 12.1. The van der Waals surface area contributed by atoms with Crippen molar-refractivity contribution in [2.24, 2.45) is 0 Å². The molecule has 0 bridgehead atoms. The Morgan fingerprint density at radius 2 is 1.60 bits per heavy atom. The van der Waals surface area contributed by atoms with Crippen LogP contribution >= 0.6 is 58.2 Å². The summed E-state index contributed by atoms with van der Waals surface area (Å²) >= 11 is 23.7. The van der Waals surface area contributed by atoms with Gasteiger partial charge in [0.2, 0.25) is 0 Å². The van der Waals surface area contributed by atoms with Crippen molar-refractivity contribution < 1.29 is 4.92 Å². The number of nitrogens with zero attached hydrogens (tertiary/aromatic N) is 1. The van der Waals surface area contributed by atoms with Crippen molar-refractivity contribution in [3.05, 3.63) is 29.7 Å². The van der Waals surface area contributed by atoms with E-state index in [1.807, 2.05) is 0 Å². The molecule has 3 nitrogen and oxygen atoms in total. The number of hydrogen-bond donors (Lipinski definition) is 0. The summed E-state index contributed by atoms with van der Waals surface area (Å²) in [6.45, 7) is 2.17. The van der Waals surface area contributed by atoms with E-state index in [1.54, 1.807) is 0 Å². The van der Waals surface area contributed by atoms with Crippen molar-refractivity contribution in [2.75, 3.05) is 5.75 Å². The van der Waals surface area contributed by atoms with Gasteiger partial charge in [0, 0.05) is 0 Å². The molecule has 0 aliphatic carbocycles. The molecule has 0 spiro atoms. The number of nitro groups is 1. The lowest BCUT2D eigenvalue weighted by Gasteiger charge is -2.03. The van der Waals surface area contributed by atoms with E-state index >= 15 is 0 Å². The molecule has 0 radical (unpaired) electrons. The van der Waals surface area contributed by atoms with E-state index in [2.05, 4.69) is 6.92 Å². The maximum absolute atomic E-state index is 10.9. The second-order valence-corrected chi connectivity index (χ2v) is 7.10. The molecule has 0 atom stereocenters. The molecule has 8 heteroatoms. The molecule has 0 rings (SSSR count). The summed E-state index contributed by atoms with van der Waals surface area (Å²) in [5.74, 6) is 0.701. The average Bonchev–Trinajstić information content (AvgIpc) is 2.37. The minimum atomic E-state index is -0.677. The van der Waals surface area contributed by atoms with Gasteiger partial charge in [-0.05, 0) is 12.2 Å². The van der Waals surface area contributed by atoms with Crippen LogP contribution in [0.3, 0.4) is 0 Å². The Morgan fingerprint density at radius 3 is 2.10 bits per heavy atom. The number of unbranched alkanes of at least 4 members (excludes halogenated alkanes) is 5. The van der Waals surface area contributed by atoms with Gasteiger partial charge in [0.25, 0.3) is 0 Å². The highest BCUT2D eigenvalue weighted by Crippen LogP contribution is 2.34. The summed E-state index contributed by atoms with van der Waals surface area (Å²) in [5, 5.41) is 10.6. The fraction of sp³-hybridized carbons (Fsp3) is 0.667. The molecule has 0 saturated carbocycles. The molecule has 0 aromatic rings. The molecule has 0 aromatic heterocycles. The minimum Gasteiger partial charge on any atom is -0.258 e. The Bertz CT molecular complexity index is 382. The molecule has 0 N–H and O–H groups in total. The lowest BCUT2D eigenvalue weighted by molar-refractivity contribution is -0.419. The maximum Gasteiger partial charge on any atom is 0.315 e. The lowest BCUT2D eigenvalue weighted by Crippen LogP contribution is -2.01. The van der Waals surface area contributed by atoms with Crippen LogP contribution in [0.1, 0.15) is 45.4 Å². The monoisotopic (exact) mass is 379 g/mol. The van der Waals surface area contributed by atoms with Gasteiger partial charge in [-0.3, -0.25) is 10.1 Å². The van der Waals surface area contributed by atoms with Crippen LogP contribution in [0.2, 0.25) is 0 Å². The van der Waals surface area contributed by atoms with Gasteiger partial charge >= 0.3 is 5.70 Å². The standard InChI is InChI=1S/C12H17Cl4NO2S/c1-2-3-4-5-6-7-8-20-12(16)10(17(18)19)9(13)11(14)15/h2-8H2,1H3/b12-10+. The molecular weight excluding hydrogens is 364 g/mol. The van der Waals surface area contributed by atoms with Crippen LogP contribution in [0.25, 0.3) is 0 Å². The van der Waals surface area contributed by atoms with Crippen molar-refractivity contribution in [1.29, 1.82) is 0 Å². The first-order valence-corrected chi connectivity index (χ1v) is 8.79. The number of hydrogen-bond acceptors (Lipinski definition) is 3. The summed E-state index contributed by atoms with van der Waals surface area (Å²) in [7, 11) is 0. The molecule has 116 valence electrons. The first-order valence-electron chi connectivity index (χ1n) is 6.29. The van der Waals surface area contributed by atoms with Crippen LogP contribution in [-0.4, -0.2) is 10.7 Å². The largest absolute Gasteiger partial charge is 0.315 e. The Kier molecular flexibility index (Phi) is 12.2. The molecule has 0 aliphatic heterocycles. The van der Waals surface area contributed by atoms with E-state index < -0.39 is 10.6 Å². The fourth-order valence-corrected chi connectivity index (χ4v) is 3.12. The summed E-state index contributed by atoms with van der Waals surface area (Å²) in [4.78, 5) is 10.2. The molecule has 0 unspecified atom stereocenters. The number of thioether (sulfide) groups is 1. The zero-order valence-electron chi connectivity index (χ0n) is 11.1. The van der Waals surface area contributed by atoms with Crippen molar-refractivity contribution in [1.82, 2.24) is 0 Å². The van der Waals surface area contributed by atoms with Crippen LogP contribution in [0.4, 0.5) is 0 Å². The highest BCUT2D eigenvalue weighted by Gasteiger charge is 2.24. The van der Waals surface area contributed by atoms with Gasteiger partial charge in [0.05, 0.1) is 4.92 Å². The van der Waals surface area contributed by atoms with Gasteiger partial charge in [-0.2, -0.15) is 0 Å². The predicted octanol–water partition coefficient (Wildman–Crippen LogP) is 6.65. The van der Waals surface area contributed by atoms with E-state index in [4.69, 9.17) is 46.4 Å². The van der Waals surface area contributed by atoms with Crippen LogP contribution in [-0.2, 0) is 0 Å². The van der Waals surface area contributed by atoms with Crippen LogP contribution in [0.15, 0.2) is 19.6 Å². The van der Waals surface area contributed by atoms with Crippen LogP contribution in [0, 0.1) is 10.1 Å². The van der Waals surface area contributed by atoms with Crippen molar-refractivity contribution in [2.45, 2.75) is 45.4 Å². The third kappa shape index (κ3) is 8.63. The molecular formula is C12H17Cl4NO2S. The highest BCUT2D eigenvalue weighted by molar-refractivity contribution is 8.04. The van der Waals surface area contributed by atoms with E-state index in [1.165, 1.54) is 37.4 Å². The summed E-state index contributed by atoms with van der Waals surface area (Å²) in [6.07, 6.45) is 6.89. The van der Waals surface area contributed by atoms with Gasteiger partial charge in [-0.1, -0.05) is 85.4 Å². The van der Waals surface area contributed by atoms with E-state index in [-0.39, 0.29) is 13.9 Å². The second-order valence-electron chi connectivity index (χ2n) is 4.07. The molecule has 0 amide bonds. The average molecular weight is 381 g/mol. The second kappa shape index (κ2) is 12.0. The van der Waals surface area contributed by atoms with E-state index in [0.29, 0.717) is 5.75 Å². The Labute approximate surface area is 143 Å². The smallest absolute Gasteiger partial charge is 0.258 e. The molecule has 0 aliphatic rings. The highest BCUT2D eigenvalue weighted by atomic mass is 35.5. The van der Waals surface area contributed by atoms with Crippen LogP contribution < -0.4 is 0 Å². The Morgan fingerprint density at radius 1 is 1.05 bits per heavy atom. The zero-order valence-corrected chi connectivity index (χ0v) is 15.0. The van der Waals surface area contributed by atoms with Crippen molar-refractivity contribution in [3.63, 3.8) is 0 Å². The molecule has 0 heterocycles. The van der Waals surface area contributed by atoms with Gasteiger partial charge in [0.15, 0.2) is 9.40 Å². The first-order chi connectivity index (χ1) is 9.41. The topological polar surface area (TPSA) is 43.1 Å². The van der Waals surface area contributed by atoms with Gasteiger partial charge < -0.3 is 0 Å². The minimum absolute atomic E-state index is 0.00681. The number of halogens is 4. The molecule has 20 heavy (non-hydrogen) atoms. The third-order valence-corrected chi connectivity index (χ3v) is 4.85. The number of allylic oxidation sites excluding steroid dienone is 1. The fourth-order valence-electron chi connectivity index (χ4n) is 1.44. The Hall–Kier alpha value is 0.390. The van der Waals surface area contributed by atoms with E-state index in [9.17, 15) is 10.1 Å². The predicted molar refractivity (Wildman–Crippen MR) is 90.3 cm³/mol. The quantitative estimate of drug-likeness (QED) is 0.184. The molecule has 0 saturated heterocycles. The SMILES string of the molecule is CCCCCCCCS/C(Cl)=C(\C(Cl)=C(Cl)Cl)[N+](=O)[O-]. The number of rotatable bonds is 10. The molecule has 0 fully saturated rings. The zero-order chi connectivity index (χ0) is 15.5. The lowest BCUT2D eigenvalue weighted by atomic mass is 10.1.